The van der Waals surface area contributed by atoms with E-state index < -0.39 is 25.8 Å². The highest BCUT2D eigenvalue weighted by atomic mass is 32.2. The van der Waals surface area contributed by atoms with E-state index in [0.717, 1.165) is 0 Å². The van der Waals surface area contributed by atoms with Crippen molar-refractivity contribution in [2.75, 3.05) is 18.8 Å². The lowest BCUT2D eigenvalue weighted by atomic mass is 10.2. The smallest absolute Gasteiger partial charge is 0.408 e. The Morgan fingerprint density at radius 3 is 2.38 bits per heavy atom. The van der Waals surface area contributed by atoms with Crippen molar-refractivity contribution < 1.29 is 26.3 Å². The highest BCUT2D eigenvalue weighted by Gasteiger charge is 2.50. The Hall–Kier alpha value is -2.62. The van der Waals surface area contributed by atoms with Crippen molar-refractivity contribution in [3.8, 4) is 11.5 Å². The Morgan fingerprint density at radius 1 is 1.03 bits per heavy atom. The molecule has 1 atom stereocenters. The number of para-hydroxylation sites is 1. The number of sulfonamides is 1. The standard InChI is InChI=1S/C20H20F3N2O3S/c21-20(22,23)15-29(26,27)25(11-5-6-16(13-24)14-25)17-7-4-10-19(12-17)28-18-8-2-1-3-9-18/h1-10,12,14H,11,13,15,24H2/q+1. The van der Waals surface area contributed by atoms with Gasteiger partial charge in [-0.05, 0) is 24.3 Å². The molecule has 3 rings (SSSR count). The molecule has 0 aliphatic carbocycles. The molecule has 9 heteroatoms. The van der Waals surface area contributed by atoms with Crippen LogP contribution in [-0.2, 0) is 10.0 Å². The van der Waals surface area contributed by atoms with E-state index in [0.29, 0.717) is 17.1 Å². The van der Waals surface area contributed by atoms with Gasteiger partial charge in [-0.2, -0.15) is 25.5 Å². The number of hydrogen-bond donors (Lipinski definition) is 1. The van der Waals surface area contributed by atoms with Crippen molar-refractivity contribution in [2.45, 2.75) is 6.18 Å². The third-order valence-corrected chi connectivity index (χ3v) is 6.54. The second-order valence-electron chi connectivity index (χ2n) is 6.54. The van der Waals surface area contributed by atoms with Crippen LogP contribution in [0.2, 0.25) is 0 Å². The van der Waals surface area contributed by atoms with E-state index in [1.807, 2.05) is 6.07 Å². The average molecular weight is 425 g/mol. The zero-order valence-corrected chi connectivity index (χ0v) is 16.2. The molecule has 1 aliphatic heterocycles. The molecule has 154 valence electrons. The van der Waals surface area contributed by atoms with E-state index in [2.05, 4.69) is 0 Å². The predicted molar refractivity (Wildman–Crippen MR) is 106 cm³/mol. The van der Waals surface area contributed by atoms with Crippen LogP contribution in [-0.4, -0.2) is 33.4 Å². The first-order chi connectivity index (χ1) is 13.7. The van der Waals surface area contributed by atoms with Gasteiger partial charge in [0, 0.05) is 24.3 Å². The molecule has 0 aromatic heterocycles. The van der Waals surface area contributed by atoms with Crippen LogP contribution in [0.15, 0.2) is 78.5 Å². The lowest BCUT2D eigenvalue weighted by Gasteiger charge is -2.34. The molecule has 5 nitrogen and oxygen atoms in total. The summed E-state index contributed by atoms with van der Waals surface area (Å²) in [6.45, 7) is -0.186. The fraction of sp³-hybridized carbons (Fsp3) is 0.200. The highest BCUT2D eigenvalue weighted by molar-refractivity contribution is 7.91. The summed E-state index contributed by atoms with van der Waals surface area (Å²) in [5, 5.41) is 0. The van der Waals surface area contributed by atoms with E-state index >= 15 is 0 Å². The minimum absolute atomic E-state index is 0.00174. The molecule has 0 saturated carbocycles. The van der Waals surface area contributed by atoms with Crippen LogP contribution in [0.3, 0.4) is 0 Å². The van der Waals surface area contributed by atoms with Gasteiger partial charge in [0.15, 0.2) is 11.4 Å². The van der Waals surface area contributed by atoms with Crippen molar-refractivity contribution in [2.24, 2.45) is 5.73 Å². The molecule has 1 unspecified atom stereocenters. The number of benzene rings is 2. The predicted octanol–water partition coefficient (Wildman–Crippen LogP) is 4.09. The molecule has 1 heterocycles. The number of quaternary nitrogens is 1. The van der Waals surface area contributed by atoms with E-state index in [1.54, 1.807) is 42.5 Å². The van der Waals surface area contributed by atoms with Crippen molar-refractivity contribution in [3.63, 3.8) is 0 Å². The van der Waals surface area contributed by atoms with Crippen LogP contribution in [0.4, 0.5) is 18.9 Å². The van der Waals surface area contributed by atoms with Gasteiger partial charge in [0.1, 0.15) is 24.2 Å². The largest absolute Gasteiger partial charge is 0.457 e. The third kappa shape index (κ3) is 4.69. The number of nitrogens with two attached hydrogens (primary N) is 1. The molecule has 0 radical (unpaired) electrons. The van der Waals surface area contributed by atoms with Crippen LogP contribution in [0, 0.1) is 0 Å². The second kappa shape index (κ2) is 8.02. The summed E-state index contributed by atoms with van der Waals surface area (Å²) in [7, 11) is -4.71. The first-order valence-corrected chi connectivity index (χ1v) is 10.4. The molecule has 0 bridgehead atoms. The average Bonchev–Trinajstić information content (AvgIpc) is 2.67. The van der Waals surface area contributed by atoms with E-state index in [-0.39, 0.29) is 18.8 Å². The summed E-state index contributed by atoms with van der Waals surface area (Å²) in [6, 6.07) is 14.8. The van der Waals surface area contributed by atoms with Gasteiger partial charge in [-0.15, -0.1) is 0 Å². The number of alkyl halides is 3. The van der Waals surface area contributed by atoms with E-state index in [1.165, 1.54) is 24.4 Å². The summed E-state index contributed by atoms with van der Waals surface area (Å²) in [5.41, 5.74) is 6.20. The molecule has 2 aromatic carbocycles. The lowest BCUT2D eigenvalue weighted by Crippen LogP contribution is -2.54. The lowest BCUT2D eigenvalue weighted by molar-refractivity contribution is -0.106. The monoisotopic (exact) mass is 425 g/mol. The van der Waals surface area contributed by atoms with E-state index in [4.69, 9.17) is 10.5 Å². The Labute approximate surface area is 167 Å². The molecule has 2 N–H and O–H groups in total. The number of hydrogen-bond acceptors (Lipinski definition) is 4. The van der Waals surface area contributed by atoms with Crippen molar-refractivity contribution in [3.05, 3.63) is 78.5 Å². The minimum atomic E-state index is -4.87. The van der Waals surface area contributed by atoms with Crippen molar-refractivity contribution in [1.82, 2.24) is 3.89 Å². The van der Waals surface area contributed by atoms with Gasteiger partial charge in [-0.25, -0.2) is 0 Å². The number of nitrogens with zero attached hydrogens (tertiary/aromatic N) is 1. The Kier molecular flexibility index (Phi) is 5.83. The highest BCUT2D eigenvalue weighted by Crippen LogP contribution is 2.37. The topological polar surface area (TPSA) is 69.4 Å². The van der Waals surface area contributed by atoms with Gasteiger partial charge in [0.2, 0.25) is 0 Å². The summed E-state index contributed by atoms with van der Waals surface area (Å²) < 4.78 is 69.8. The van der Waals surface area contributed by atoms with Gasteiger partial charge in [0.25, 0.3) is 0 Å². The van der Waals surface area contributed by atoms with Crippen molar-refractivity contribution >= 4 is 15.7 Å². The summed E-state index contributed by atoms with van der Waals surface area (Å²) in [6.07, 6.45) is -0.479. The van der Waals surface area contributed by atoms with Gasteiger partial charge in [-0.3, -0.25) is 0 Å². The molecule has 29 heavy (non-hydrogen) atoms. The fourth-order valence-corrected chi connectivity index (χ4v) is 4.80. The van der Waals surface area contributed by atoms with Gasteiger partial charge in [-0.1, -0.05) is 30.3 Å². The molecule has 0 amide bonds. The van der Waals surface area contributed by atoms with Crippen LogP contribution in [0.5, 0.6) is 11.5 Å². The van der Waals surface area contributed by atoms with Gasteiger partial charge < -0.3 is 10.5 Å². The molecule has 1 aliphatic rings. The normalized spacial score (nSPS) is 19.7. The summed E-state index contributed by atoms with van der Waals surface area (Å²) in [5.74, 6) is -1.12. The van der Waals surface area contributed by atoms with E-state index in [9.17, 15) is 21.6 Å². The Morgan fingerprint density at radius 2 is 1.72 bits per heavy atom. The maximum absolute atomic E-state index is 13.1. The van der Waals surface area contributed by atoms with Crippen LogP contribution < -0.4 is 14.4 Å². The Bertz CT molecular complexity index is 1030. The summed E-state index contributed by atoms with van der Waals surface area (Å²) in [4.78, 5) is 0. The Balaban J connectivity index is 2.10. The maximum Gasteiger partial charge on any atom is 0.408 e. The van der Waals surface area contributed by atoms with Gasteiger partial charge >= 0.3 is 16.2 Å². The molecule has 2 aromatic rings. The maximum atomic E-state index is 13.1. The molecule has 0 saturated heterocycles. The first-order valence-electron chi connectivity index (χ1n) is 8.74. The fourth-order valence-electron chi connectivity index (χ4n) is 3.11. The van der Waals surface area contributed by atoms with Gasteiger partial charge in [0.05, 0.1) is 0 Å². The van der Waals surface area contributed by atoms with Crippen LogP contribution >= 0.6 is 0 Å². The van der Waals surface area contributed by atoms with Crippen LogP contribution in [0.1, 0.15) is 0 Å². The SMILES string of the molecule is NCC1=C[N+](c2cccc(Oc3ccccc3)c2)(S(=O)(=O)CC(F)(F)F)CC=C1. The summed E-state index contributed by atoms with van der Waals surface area (Å²) >= 11 is 0. The number of halogens is 3. The number of ether oxygens (including phenoxy) is 1. The second-order valence-corrected chi connectivity index (χ2v) is 8.65. The molecule has 0 spiro atoms. The zero-order valence-electron chi connectivity index (χ0n) is 15.3. The number of rotatable bonds is 6. The van der Waals surface area contributed by atoms with Crippen LogP contribution in [0.25, 0.3) is 0 Å². The first kappa shape index (κ1) is 21.1. The minimum Gasteiger partial charge on any atom is -0.457 e. The van der Waals surface area contributed by atoms with Crippen molar-refractivity contribution in [1.29, 1.82) is 0 Å². The molecule has 0 fully saturated rings. The zero-order chi connectivity index (χ0) is 21.1. The molecular formula is C20H20F3N2O3S+. The quantitative estimate of drug-likeness (QED) is 0.708. The third-order valence-electron chi connectivity index (χ3n) is 4.39. The molecular weight excluding hydrogens is 405 g/mol.